The Morgan fingerprint density at radius 3 is 2.62 bits per heavy atom. The first-order valence-electron chi connectivity index (χ1n) is 8.69. The van der Waals surface area contributed by atoms with Gasteiger partial charge in [0, 0.05) is 18.3 Å². The van der Waals surface area contributed by atoms with E-state index in [0.29, 0.717) is 0 Å². The van der Waals surface area contributed by atoms with Gasteiger partial charge in [0.1, 0.15) is 0 Å². The molecule has 2 aliphatic rings. The SMILES string of the molecule is Cc1ccc(-n2nc(N3CCOCC3)c3/c2=C\CC\C=C\C=3)cc1. The number of aromatic nitrogens is 2. The van der Waals surface area contributed by atoms with Crippen molar-refractivity contribution in [1.29, 1.82) is 0 Å². The van der Waals surface area contributed by atoms with Crippen LogP contribution in [0.4, 0.5) is 5.82 Å². The highest BCUT2D eigenvalue weighted by Crippen LogP contribution is 2.11. The number of ether oxygens (including phenoxy) is 1. The number of benzene rings is 1. The van der Waals surface area contributed by atoms with Crippen LogP contribution in [0.1, 0.15) is 18.4 Å². The van der Waals surface area contributed by atoms with E-state index < -0.39 is 0 Å². The fraction of sp³-hybridized carbons (Fsp3) is 0.350. The summed E-state index contributed by atoms with van der Waals surface area (Å²) < 4.78 is 7.60. The van der Waals surface area contributed by atoms with Crippen molar-refractivity contribution in [3.05, 3.63) is 52.5 Å². The summed E-state index contributed by atoms with van der Waals surface area (Å²) in [5.74, 6) is 1.07. The Bertz CT molecular complexity index is 856. The molecule has 0 amide bonds. The van der Waals surface area contributed by atoms with Gasteiger partial charge in [-0.2, -0.15) is 0 Å². The standard InChI is InChI=1S/C20H23N3O/c1-16-8-10-17(11-9-16)23-19-7-5-3-2-4-6-18(19)20(21-23)22-12-14-24-15-13-22/h2,4,6-11H,3,5,12-15H2,1H3/b4-2+,18-6+,19-7+. The lowest BCUT2D eigenvalue weighted by Gasteiger charge is -2.26. The van der Waals surface area contributed by atoms with Crippen LogP contribution in [0.5, 0.6) is 0 Å². The van der Waals surface area contributed by atoms with Crippen molar-refractivity contribution >= 4 is 18.0 Å². The minimum atomic E-state index is 0.770. The highest BCUT2D eigenvalue weighted by atomic mass is 16.5. The van der Waals surface area contributed by atoms with Gasteiger partial charge in [-0.1, -0.05) is 35.9 Å². The van der Waals surface area contributed by atoms with E-state index in [1.54, 1.807) is 0 Å². The monoisotopic (exact) mass is 321 g/mol. The van der Waals surface area contributed by atoms with E-state index in [1.807, 2.05) is 0 Å². The van der Waals surface area contributed by atoms with Crippen LogP contribution in [0.25, 0.3) is 17.8 Å². The molecule has 2 aromatic rings. The summed E-state index contributed by atoms with van der Waals surface area (Å²) in [4.78, 5) is 2.34. The minimum Gasteiger partial charge on any atom is -0.378 e. The second-order valence-corrected chi connectivity index (χ2v) is 6.35. The van der Waals surface area contributed by atoms with Crippen LogP contribution >= 0.6 is 0 Å². The lowest BCUT2D eigenvalue weighted by Crippen LogP contribution is -2.40. The van der Waals surface area contributed by atoms with E-state index in [9.17, 15) is 0 Å². The highest BCUT2D eigenvalue weighted by molar-refractivity contribution is 5.53. The van der Waals surface area contributed by atoms with Crippen LogP contribution in [-0.2, 0) is 4.74 Å². The van der Waals surface area contributed by atoms with Crippen LogP contribution in [0.15, 0.2) is 36.4 Å². The summed E-state index contributed by atoms with van der Waals surface area (Å²) in [6.45, 7) is 5.45. The molecule has 1 aliphatic heterocycles. The molecule has 0 N–H and O–H groups in total. The van der Waals surface area contributed by atoms with E-state index in [4.69, 9.17) is 9.84 Å². The number of rotatable bonds is 2. The van der Waals surface area contributed by atoms with Crippen molar-refractivity contribution < 1.29 is 4.74 Å². The molecule has 4 nitrogen and oxygen atoms in total. The number of aryl methyl sites for hydroxylation is 1. The molecule has 0 bridgehead atoms. The molecule has 0 spiro atoms. The Balaban J connectivity index is 1.91. The summed E-state index contributed by atoms with van der Waals surface area (Å²) in [5.41, 5.74) is 2.38. The quantitative estimate of drug-likeness (QED) is 0.847. The van der Waals surface area contributed by atoms with Crippen LogP contribution in [0.2, 0.25) is 0 Å². The van der Waals surface area contributed by atoms with E-state index in [2.05, 4.69) is 65.1 Å². The molecule has 124 valence electrons. The van der Waals surface area contributed by atoms with Gasteiger partial charge in [-0.15, -0.1) is 5.10 Å². The van der Waals surface area contributed by atoms with Crippen LogP contribution in [0, 0.1) is 6.92 Å². The van der Waals surface area contributed by atoms with Gasteiger partial charge < -0.3 is 9.64 Å². The summed E-state index contributed by atoms with van der Waals surface area (Å²) in [6.07, 6.45) is 11.0. The smallest absolute Gasteiger partial charge is 0.159 e. The van der Waals surface area contributed by atoms with Gasteiger partial charge >= 0.3 is 0 Å². The van der Waals surface area contributed by atoms with E-state index in [1.165, 1.54) is 16.1 Å². The predicted molar refractivity (Wildman–Crippen MR) is 97.9 cm³/mol. The topological polar surface area (TPSA) is 30.3 Å². The summed E-state index contributed by atoms with van der Waals surface area (Å²) in [7, 11) is 0. The molecule has 4 heteroatoms. The number of allylic oxidation sites excluding steroid dienone is 2. The number of hydrogen-bond acceptors (Lipinski definition) is 3. The minimum absolute atomic E-state index is 0.770. The number of anilines is 1. The molecule has 24 heavy (non-hydrogen) atoms. The van der Waals surface area contributed by atoms with E-state index in [-0.39, 0.29) is 0 Å². The second-order valence-electron chi connectivity index (χ2n) is 6.35. The van der Waals surface area contributed by atoms with Crippen molar-refractivity contribution in [1.82, 2.24) is 9.78 Å². The molecule has 1 fully saturated rings. The summed E-state index contributed by atoms with van der Waals surface area (Å²) in [6, 6.07) is 8.58. The lowest BCUT2D eigenvalue weighted by atomic mass is 10.2. The third-order valence-corrected chi connectivity index (χ3v) is 4.60. The molecule has 0 saturated carbocycles. The van der Waals surface area contributed by atoms with Gasteiger partial charge in [0.2, 0.25) is 0 Å². The molecule has 1 aliphatic carbocycles. The van der Waals surface area contributed by atoms with Crippen LogP contribution < -0.4 is 15.5 Å². The Hall–Kier alpha value is -2.33. The molecule has 1 saturated heterocycles. The molecule has 1 aromatic heterocycles. The zero-order valence-electron chi connectivity index (χ0n) is 14.1. The zero-order valence-corrected chi connectivity index (χ0v) is 14.1. The molecular formula is C20H23N3O. The first kappa shape index (κ1) is 15.2. The van der Waals surface area contributed by atoms with Gasteiger partial charge in [-0.25, -0.2) is 4.68 Å². The fourth-order valence-electron chi connectivity index (χ4n) is 3.26. The molecule has 1 aromatic carbocycles. The van der Waals surface area contributed by atoms with Crippen molar-refractivity contribution in [3.8, 4) is 5.69 Å². The van der Waals surface area contributed by atoms with E-state index in [0.717, 1.165) is 50.7 Å². The van der Waals surface area contributed by atoms with Crippen molar-refractivity contribution in [2.24, 2.45) is 0 Å². The van der Waals surface area contributed by atoms with Crippen molar-refractivity contribution in [3.63, 3.8) is 0 Å². The molecular weight excluding hydrogens is 298 g/mol. The summed E-state index contributed by atoms with van der Waals surface area (Å²) in [5, 5.41) is 7.40. The maximum atomic E-state index is 5.51. The maximum Gasteiger partial charge on any atom is 0.159 e. The number of hydrogen-bond donors (Lipinski definition) is 0. The van der Waals surface area contributed by atoms with E-state index >= 15 is 0 Å². The Morgan fingerprint density at radius 2 is 1.83 bits per heavy atom. The van der Waals surface area contributed by atoms with Gasteiger partial charge in [0.15, 0.2) is 5.82 Å². The first-order chi connectivity index (χ1) is 11.8. The van der Waals surface area contributed by atoms with Crippen LogP contribution in [0.3, 0.4) is 0 Å². The van der Waals surface area contributed by atoms with Gasteiger partial charge in [-0.05, 0) is 38.0 Å². The average molecular weight is 321 g/mol. The average Bonchev–Trinajstić information content (AvgIpc) is 2.93. The Kier molecular flexibility index (Phi) is 4.22. The molecule has 2 heterocycles. The Labute approximate surface area is 142 Å². The fourth-order valence-corrected chi connectivity index (χ4v) is 3.26. The maximum absolute atomic E-state index is 5.51. The third kappa shape index (κ3) is 2.89. The van der Waals surface area contributed by atoms with Crippen molar-refractivity contribution in [2.45, 2.75) is 19.8 Å². The predicted octanol–water partition coefficient (Wildman–Crippen LogP) is 1.93. The Morgan fingerprint density at radius 1 is 1.04 bits per heavy atom. The first-order valence-corrected chi connectivity index (χ1v) is 8.69. The number of morpholine rings is 1. The van der Waals surface area contributed by atoms with Gasteiger partial charge in [0.05, 0.1) is 24.3 Å². The zero-order chi connectivity index (χ0) is 16.4. The normalized spacial score (nSPS) is 21.6. The molecule has 0 radical (unpaired) electrons. The largest absolute Gasteiger partial charge is 0.378 e. The molecule has 4 rings (SSSR count). The van der Waals surface area contributed by atoms with Crippen molar-refractivity contribution in [2.75, 3.05) is 31.2 Å². The number of nitrogens with zero attached hydrogens (tertiary/aromatic N) is 3. The third-order valence-electron chi connectivity index (χ3n) is 4.60. The number of fused-ring (bicyclic) bond motifs is 1. The summed E-state index contributed by atoms with van der Waals surface area (Å²) >= 11 is 0. The highest BCUT2D eigenvalue weighted by Gasteiger charge is 2.18. The molecule has 0 atom stereocenters. The molecule has 0 unspecified atom stereocenters. The lowest BCUT2D eigenvalue weighted by molar-refractivity contribution is 0.122. The second kappa shape index (κ2) is 6.65. The van der Waals surface area contributed by atoms with Gasteiger partial charge in [-0.3, -0.25) is 0 Å². The van der Waals surface area contributed by atoms with Gasteiger partial charge in [0.25, 0.3) is 0 Å². The van der Waals surface area contributed by atoms with Crippen LogP contribution in [-0.4, -0.2) is 36.1 Å².